The molecule has 0 bridgehead atoms. The minimum atomic E-state index is -0.181. The molecule has 0 aliphatic heterocycles. The number of aromatic nitrogens is 4. The second-order valence-electron chi connectivity index (χ2n) is 5.88. The molecule has 2 heterocycles. The van der Waals surface area contributed by atoms with Gasteiger partial charge in [-0.05, 0) is 11.1 Å². The summed E-state index contributed by atoms with van der Waals surface area (Å²) in [5.74, 6) is 0.173. The predicted molar refractivity (Wildman–Crippen MR) is 97.3 cm³/mol. The molecule has 0 aliphatic carbocycles. The average Bonchev–Trinajstić information content (AvgIpc) is 3.03. The molecule has 25 heavy (non-hydrogen) atoms. The largest absolute Gasteiger partial charge is 0.369 e. The van der Waals surface area contributed by atoms with Gasteiger partial charge in [0.2, 0.25) is 5.95 Å². The molecule has 0 radical (unpaired) electrons. The summed E-state index contributed by atoms with van der Waals surface area (Å²) in [6, 6.07) is 19.6. The van der Waals surface area contributed by atoms with Crippen LogP contribution >= 0.6 is 0 Å². The van der Waals surface area contributed by atoms with E-state index in [0.29, 0.717) is 24.3 Å². The summed E-state index contributed by atoms with van der Waals surface area (Å²) in [5.41, 5.74) is 8.75. The number of imidazole rings is 1. The molecule has 4 rings (SSSR count). The molecule has 0 fully saturated rings. The molecule has 0 aliphatic rings. The summed E-state index contributed by atoms with van der Waals surface area (Å²) in [7, 11) is 0. The Kier molecular flexibility index (Phi) is 3.78. The van der Waals surface area contributed by atoms with Crippen molar-refractivity contribution < 1.29 is 0 Å². The van der Waals surface area contributed by atoms with Crippen LogP contribution in [0.25, 0.3) is 11.2 Å². The van der Waals surface area contributed by atoms with Crippen LogP contribution < -0.4 is 11.3 Å². The average molecular weight is 331 g/mol. The lowest BCUT2D eigenvalue weighted by Crippen LogP contribution is -2.26. The van der Waals surface area contributed by atoms with E-state index in [1.165, 1.54) is 4.57 Å². The van der Waals surface area contributed by atoms with Gasteiger partial charge in [-0.1, -0.05) is 60.7 Å². The van der Waals surface area contributed by atoms with E-state index in [2.05, 4.69) is 9.97 Å². The summed E-state index contributed by atoms with van der Waals surface area (Å²) in [5, 5.41) is 0. The molecule has 0 saturated carbocycles. The fourth-order valence-electron chi connectivity index (χ4n) is 2.89. The summed E-state index contributed by atoms with van der Waals surface area (Å²) in [6.45, 7) is 0.939. The van der Waals surface area contributed by atoms with Gasteiger partial charge in [-0.25, -0.2) is 4.98 Å². The number of rotatable bonds is 4. The van der Waals surface area contributed by atoms with E-state index in [9.17, 15) is 4.79 Å². The van der Waals surface area contributed by atoms with E-state index in [1.807, 2.05) is 65.2 Å². The lowest BCUT2D eigenvalue weighted by Gasteiger charge is -2.10. The lowest BCUT2D eigenvalue weighted by atomic mass is 10.2. The number of hydrogen-bond acceptors (Lipinski definition) is 4. The van der Waals surface area contributed by atoms with Crippen molar-refractivity contribution in [2.45, 2.75) is 13.1 Å². The topological polar surface area (TPSA) is 78.7 Å². The van der Waals surface area contributed by atoms with E-state index < -0.39 is 0 Å². The molecule has 6 nitrogen and oxygen atoms in total. The van der Waals surface area contributed by atoms with Gasteiger partial charge in [0.25, 0.3) is 5.56 Å². The zero-order valence-corrected chi connectivity index (χ0v) is 13.5. The molecule has 0 amide bonds. The smallest absolute Gasteiger partial charge is 0.281 e. The molecule has 0 saturated heterocycles. The van der Waals surface area contributed by atoms with E-state index in [1.54, 1.807) is 6.33 Å². The maximum Gasteiger partial charge on any atom is 0.281 e. The second kappa shape index (κ2) is 6.24. The Morgan fingerprint density at radius 3 is 2.12 bits per heavy atom. The number of nitrogen functional groups attached to an aromatic ring is 1. The maximum absolute atomic E-state index is 13.0. The van der Waals surface area contributed by atoms with Crippen LogP contribution in [0.2, 0.25) is 0 Å². The summed E-state index contributed by atoms with van der Waals surface area (Å²) >= 11 is 0. The van der Waals surface area contributed by atoms with Crippen LogP contribution in [-0.4, -0.2) is 19.1 Å². The van der Waals surface area contributed by atoms with Crippen molar-refractivity contribution in [3.8, 4) is 0 Å². The van der Waals surface area contributed by atoms with Crippen LogP contribution in [0.1, 0.15) is 11.1 Å². The number of nitrogens with zero attached hydrogens (tertiary/aromatic N) is 4. The molecular formula is C19H17N5O. The Morgan fingerprint density at radius 2 is 1.48 bits per heavy atom. The van der Waals surface area contributed by atoms with Crippen molar-refractivity contribution in [2.24, 2.45) is 0 Å². The van der Waals surface area contributed by atoms with Crippen LogP contribution in [0.15, 0.2) is 71.8 Å². The van der Waals surface area contributed by atoms with Crippen LogP contribution in [-0.2, 0) is 13.1 Å². The third-order valence-electron chi connectivity index (χ3n) is 4.14. The second-order valence-corrected chi connectivity index (χ2v) is 5.88. The third kappa shape index (κ3) is 2.89. The van der Waals surface area contributed by atoms with Crippen molar-refractivity contribution in [1.82, 2.24) is 19.1 Å². The van der Waals surface area contributed by atoms with E-state index in [-0.39, 0.29) is 11.5 Å². The maximum atomic E-state index is 13.0. The highest BCUT2D eigenvalue weighted by molar-refractivity contribution is 5.71. The van der Waals surface area contributed by atoms with Gasteiger partial charge in [0.05, 0.1) is 12.9 Å². The highest BCUT2D eigenvalue weighted by Gasteiger charge is 2.14. The Hall–Kier alpha value is -3.41. The normalized spacial score (nSPS) is 11.0. The van der Waals surface area contributed by atoms with Gasteiger partial charge in [-0.3, -0.25) is 9.36 Å². The zero-order valence-electron chi connectivity index (χ0n) is 13.5. The molecule has 6 heteroatoms. The Balaban J connectivity index is 1.80. The van der Waals surface area contributed by atoms with Gasteiger partial charge in [0.15, 0.2) is 11.2 Å². The van der Waals surface area contributed by atoms with Crippen LogP contribution in [0.5, 0.6) is 0 Å². The molecule has 0 atom stereocenters. The standard InChI is InChI=1S/C19H17N5O/c20-19-22-17-16(18(25)24(19)12-15-9-5-2-6-10-15)23(13-21-17)11-14-7-3-1-4-8-14/h1-10,13H,11-12H2,(H2,20,22). The Bertz CT molecular complexity index is 1070. The van der Waals surface area contributed by atoms with Crippen molar-refractivity contribution in [2.75, 3.05) is 5.73 Å². The molecule has 2 N–H and O–H groups in total. The van der Waals surface area contributed by atoms with Crippen molar-refractivity contribution in [1.29, 1.82) is 0 Å². The molecule has 0 spiro atoms. The van der Waals surface area contributed by atoms with Gasteiger partial charge < -0.3 is 10.3 Å². The fraction of sp³-hybridized carbons (Fsp3) is 0.105. The lowest BCUT2D eigenvalue weighted by molar-refractivity contribution is 0.748. The highest BCUT2D eigenvalue weighted by atomic mass is 16.1. The minimum absolute atomic E-state index is 0.173. The van der Waals surface area contributed by atoms with Crippen LogP contribution in [0.4, 0.5) is 5.95 Å². The first-order valence-corrected chi connectivity index (χ1v) is 8.01. The number of anilines is 1. The molecule has 4 aromatic rings. The molecule has 2 aromatic heterocycles. The molecular weight excluding hydrogens is 314 g/mol. The van der Waals surface area contributed by atoms with Gasteiger partial charge in [0, 0.05) is 6.54 Å². The van der Waals surface area contributed by atoms with Gasteiger partial charge in [0.1, 0.15) is 0 Å². The zero-order chi connectivity index (χ0) is 17.2. The number of benzene rings is 2. The number of fused-ring (bicyclic) bond motifs is 1. The summed E-state index contributed by atoms with van der Waals surface area (Å²) in [4.78, 5) is 21.6. The molecule has 2 aromatic carbocycles. The Labute approximate surface area is 144 Å². The number of hydrogen-bond donors (Lipinski definition) is 1. The fourth-order valence-corrected chi connectivity index (χ4v) is 2.89. The molecule has 0 unspecified atom stereocenters. The first kappa shape index (κ1) is 15.1. The van der Waals surface area contributed by atoms with Gasteiger partial charge in [-0.2, -0.15) is 4.98 Å². The van der Waals surface area contributed by atoms with Crippen molar-refractivity contribution >= 4 is 17.1 Å². The Morgan fingerprint density at radius 1 is 0.880 bits per heavy atom. The first-order chi connectivity index (χ1) is 12.2. The third-order valence-corrected chi connectivity index (χ3v) is 4.14. The summed E-state index contributed by atoms with van der Waals surface area (Å²) in [6.07, 6.45) is 1.64. The van der Waals surface area contributed by atoms with Crippen LogP contribution in [0.3, 0.4) is 0 Å². The SMILES string of the molecule is Nc1nc2ncn(Cc3ccccc3)c2c(=O)n1Cc1ccccc1. The quantitative estimate of drug-likeness (QED) is 0.622. The van der Waals surface area contributed by atoms with E-state index in [4.69, 9.17) is 5.73 Å². The van der Waals surface area contributed by atoms with Crippen LogP contribution in [0, 0.1) is 0 Å². The van der Waals surface area contributed by atoms with Crippen molar-refractivity contribution in [3.63, 3.8) is 0 Å². The number of nitrogens with two attached hydrogens (primary N) is 1. The van der Waals surface area contributed by atoms with E-state index in [0.717, 1.165) is 11.1 Å². The van der Waals surface area contributed by atoms with Gasteiger partial charge in [-0.15, -0.1) is 0 Å². The predicted octanol–water partition coefficient (Wildman–Crippen LogP) is 2.27. The monoisotopic (exact) mass is 331 g/mol. The van der Waals surface area contributed by atoms with Gasteiger partial charge >= 0.3 is 0 Å². The van der Waals surface area contributed by atoms with E-state index >= 15 is 0 Å². The first-order valence-electron chi connectivity index (χ1n) is 8.01. The highest BCUT2D eigenvalue weighted by Crippen LogP contribution is 2.12. The molecule has 124 valence electrons. The summed E-state index contributed by atoms with van der Waals surface area (Å²) < 4.78 is 3.31. The minimum Gasteiger partial charge on any atom is -0.369 e. The van der Waals surface area contributed by atoms with Crippen molar-refractivity contribution in [3.05, 3.63) is 88.5 Å².